The number of hydrogen-bond acceptors (Lipinski definition) is 4. The molecule has 8 heteroatoms. The van der Waals surface area contributed by atoms with Crippen molar-refractivity contribution in [1.82, 2.24) is 9.97 Å². The van der Waals surface area contributed by atoms with E-state index in [1.807, 2.05) is 0 Å². The number of nitrogens with one attached hydrogen (secondary N) is 2. The maximum atomic E-state index is 14.2. The van der Waals surface area contributed by atoms with E-state index in [4.69, 9.17) is 9.47 Å². The van der Waals surface area contributed by atoms with Crippen LogP contribution in [0.25, 0.3) is 22.2 Å². The molecule has 1 aromatic carbocycles. The van der Waals surface area contributed by atoms with E-state index >= 15 is 0 Å². The second kappa shape index (κ2) is 6.53. The summed E-state index contributed by atoms with van der Waals surface area (Å²) in [5.41, 5.74) is 1.60. The van der Waals surface area contributed by atoms with E-state index in [1.54, 1.807) is 18.3 Å². The van der Waals surface area contributed by atoms with Crippen molar-refractivity contribution in [3.8, 4) is 22.6 Å². The van der Waals surface area contributed by atoms with Crippen LogP contribution in [-0.2, 0) is 4.79 Å². The smallest absolute Gasteiger partial charge is 0.231 e. The predicted molar refractivity (Wildman–Crippen MR) is 96.2 cm³/mol. The largest absolute Gasteiger partial charge is 0.496 e. The number of methoxy groups -OCH3 is 2. The fourth-order valence-corrected chi connectivity index (χ4v) is 3.10. The van der Waals surface area contributed by atoms with Crippen molar-refractivity contribution in [2.45, 2.75) is 12.6 Å². The zero-order valence-electron chi connectivity index (χ0n) is 14.7. The lowest BCUT2D eigenvalue weighted by Crippen LogP contribution is -2.15. The molecule has 0 spiro atoms. The number of pyridine rings is 1. The highest BCUT2D eigenvalue weighted by molar-refractivity contribution is 5.99. The summed E-state index contributed by atoms with van der Waals surface area (Å²) in [5, 5.41) is 3.31. The van der Waals surface area contributed by atoms with Gasteiger partial charge in [-0.3, -0.25) is 4.79 Å². The minimum atomic E-state index is -1.07. The number of nitrogens with zero attached hydrogens (tertiary/aromatic N) is 1. The van der Waals surface area contributed by atoms with E-state index in [2.05, 4.69) is 15.3 Å². The summed E-state index contributed by atoms with van der Waals surface area (Å²) in [6, 6.07) is 6.16. The number of fused-ring (bicyclic) bond motifs is 1. The van der Waals surface area contributed by atoms with Crippen molar-refractivity contribution >= 4 is 22.8 Å². The minimum absolute atomic E-state index is 0.0651. The van der Waals surface area contributed by atoms with Crippen LogP contribution >= 0.6 is 0 Å². The van der Waals surface area contributed by atoms with E-state index in [0.717, 1.165) is 0 Å². The van der Waals surface area contributed by atoms with Crippen molar-refractivity contribution in [3.05, 3.63) is 36.3 Å². The number of hydrogen-bond donors (Lipinski definition) is 2. The second-order valence-electron chi connectivity index (χ2n) is 6.30. The molecule has 6 nitrogen and oxygen atoms in total. The Labute approximate surface area is 153 Å². The van der Waals surface area contributed by atoms with Gasteiger partial charge in [0.05, 0.1) is 25.7 Å². The molecule has 2 atom stereocenters. The molecule has 27 heavy (non-hydrogen) atoms. The molecule has 1 amide bonds. The van der Waals surface area contributed by atoms with Crippen LogP contribution in [0, 0.1) is 11.7 Å². The van der Waals surface area contributed by atoms with E-state index in [1.165, 1.54) is 26.4 Å². The molecule has 1 saturated carbocycles. The number of aromatic amines is 1. The Balaban J connectivity index is 1.74. The fourth-order valence-electron chi connectivity index (χ4n) is 3.10. The van der Waals surface area contributed by atoms with E-state index in [0.29, 0.717) is 33.7 Å². The first-order valence-corrected chi connectivity index (χ1v) is 8.37. The van der Waals surface area contributed by atoms with Crippen LogP contribution in [0.5, 0.6) is 11.5 Å². The van der Waals surface area contributed by atoms with Crippen molar-refractivity contribution in [2.24, 2.45) is 5.92 Å². The van der Waals surface area contributed by atoms with Gasteiger partial charge in [0.15, 0.2) is 11.6 Å². The Bertz CT molecular complexity index is 1030. The summed E-state index contributed by atoms with van der Waals surface area (Å²) in [6.07, 6.45) is 0.847. The molecule has 140 valence electrons. The molecule has 0 radical (unpaired) electrons. The van der Waals surface area contributed by atoms with Crippen molar-refractivity contribution in [2.75, 3.05) is 19.5 Å². The highest BCUT2D eigenvalue weighted by Crippen LogP contribution is 2.43. The third kappa shape index (κ3) is 2.97. The molecule has 0 bridgehead atoms. The first kappa shape index (κ1) is 17.3. The molecule has 0 unspecified atom stereocenters. The second-order valence-corrected chi connectivity index (χ2v) is 6.30. The van der Waals surface area contributed by atoms with Crippen molar-refractivity contribution in [1.29, 1.82) is 0 Å². The van der Waals surface area contributed by atoms with Crippen LogP contribution in [0.4, 0.5) is 14.6 Å². The van der Waals surface area contributed by atoms with Gasteiger partial charge >= 0.3 is 0 Å². The summed E-state index contributed by atoms with van der Waals surface area (Å²) in [7, 11) is 2.88. The van der Waals surface area contributed by atoms with E-state index in [9.17, 15) is 13.6 Å². The maximum absolute atomic E-state index is 14.2. The minimum Gasteiger partial charge on any atom is -0.496 e. The summed E-state index contributed by atoms with van der Waals surface area (Å²) in [4.78, 5) is 19.2. The summed E-state index contributed by atoms with van der Waals surface area (Å²) < 4.78 is 37.8. The lowest BCUT2D eigenvalue weighted by Gasteiger charge is -2.13. The molecule has 2 heterocycles. The molecule has 1 fully saturated rings. The predicted octanol–water partition coefficient (Wildman–Crippen LogP) is 3.68. The molecular weight excluding hydrogens is 356 g/mol. The van der Waals surface area contributed by atoms with Gasteiger partial charge in [0, 0.05) is 17.1 Å². The monoisotopic (exact) mass is 373 g/mol. The van der Waals surface area contributed by atoms with Gasteiger partial charge < -0.3 is 19.8 Å². The average molecular weight is 373 g/mol. The molecule has 2 aromatic heterocycles. The molecule has 0 saturated heterocycles. The molecule has 3 aromatic rings. The van der Waals surface area contributed by atoms with Gasteiger partial charge in [-0.15, -0.1) is 0 Å². The van der Waals surface area contributed by atoms with Gasteiger partial charge in [-0.05, 0) is 30.7 Å². The van der Waals surface area contributed by atoms with Gasteiger partial charge in [-0.2, -0.15) is 0 Å². The van der Waals surface area contributed by atoms with Crippen LogP contribution in [-0.4, -0.2) is 36.3 Å². The Hall–Kier alpha value is -3.16. The van der Waals surface area contributed by atoms with Crippen LogP contribution in [0.2, 0.25) is 0 Å². The Morgan fingerprint density at radius 3 is 2.70 bits per heavy atom. The number of anilines is 1. The van der Waals surface area contributed by atoms with Gasteiger partial charge in [-0.1, -0.05) is 0 Å². The third-order valence-corrected chi connectivity index (χ3v) is 4.60. The van der Waals surface area contributed by atoms with Gasteiger partial charge in [0.1, 0.15) is 23.4 Å². The number of H-pyrrole nitrogens is 1. The number of halogens is 2. The lowest BCUT2D eigenvalue weighted by molar-refractivity contribution is -0.117. The number of amides is 1. The summed E-state index contributed by atoms with van der Waals surface area (Å²) in [6.45, 7) is 0. The number of aromatic nitrogens is 2. The summed E-state index contributed by atoms with van der Waals surface area (Å²) in [5.74, 6) is -0.649. The fraction of sp³-hybridized carbons (Fsp3) is 0.263. The van der Waals surface area contributed by atoms with Gasteiger partial charge in [0.25, 0.3) is 0 Å². The zero-order chi connectivity index (χ0) is 19.1. The Morgan fingerprint density at radius 1 is 1.26 bits per heavy atom. The Kier molecular flexibility index (Phi) is 4.18. The summed E-state index contributed by atoms with van der Waals surface area (Å²) >= 11 is 0. The van der Waals surface area contributed by atoms with Crippen molar-refractivity contribution in [3.63, 3.8) is 0 Å². The zero-order valence-corrected chi connectivity index (χ0v) is 14.7. The third-order valence-electron chi connectivity index (χ3n) is 4.60. The van der Waals surface area contributed by atoms with Crippen LogP contribution < -0.4 is 14.8 Å². The number of rotatable bonds is 5. The standard InChI is InChI=1S/C19H17F2N3O3/c1-26-14-5-4-12(20)17(27-2)16(14)11-8-22-18-9(11)3-6-15(23-18)24-19(25)10-7-13(10)21/h3-6,8,10,13H,7H2,1-2H3,(H2,22,23,24,25)/t10-,13+/m1/s1. The molecule has 0 aliphatic heterocycles. The molecular formula is C19H17F2N3O3. The molecule has 1 aliphatic carbocycles. The first-order chi connectivity index (χ1) is 13.0. The van der Waals surface area contributed by atoms with Crippen LogP contribution in [0.15, 0.2) is 30.5 Å². The van der Waals surface area contributed by atoms with Crippen LogP contribution in [0.1, 0.15) is 6.42 Å². The van der Waals surface area contributed by atoms with E-state index < -0.39 is 17.9 Å². The molecule has 2 N–H and O–H groups in total. The highest BCUT2D eigenvalue weighted by atomic mass is 19.1. The van der Waals surface area contributed by atoms with Crippen LogP contribution in [0.3, 0.4) is 0 Å². The Morgan fingerprint density at radius 2 is 2.04 bits per heavy atom. The van der Waals surface area contributed by atoms with Gasteiger partial charge in [0.2, 0.25) is 5.91 Å². The van der Waals surface area contributed by atoms with Gasteiger partial charge in [-0.25, -0.2) is 13.8 Å². The quantitative estimate of drug-likeness (QED) is 0.715. The number of ether oxygens (including phenoxy) is 2. The highest BCUT2D eigenvalue weighted by Gasteiger charge is 2.43. The number of carbonyl (C=O) groups is 1. The first-order valence-electron chi connectivity index (χ1n) is 8.37. The number of alkyl halides is 1. The van der Waals surface area contributed by atoms with E-state index in [-0.39, 0.29) is 18.1 Å². The topological polar surface area (TPSA) is 76.2 Å². The molecule has 1 aliphatic rings. The maximum Gasteiger partial charge on any atom is 0.231 e. The average Bonchev–Trinajstić information content (AvgIpc) is 3.26. The van der Waals surface area contributed by atoms with Crippen molar-refractivity contribution < 1.29 is 23.0 Å². The lowest BCUT2D eigenvalue weighted by atomic mass is 10.0. The SMILES string of the molecule is COc1ccc(F)c(OC)c1-c1c[nH]c2nc(NC(=O)[C@@H]3C[C@@H]3F)ccc12. The normalized spacial score (nSPS) is 18.4. The molecule has 4 rings (SSSR count). The number of carbonyl (C=O) groups excluding carboxylic acids is 1. The number of benzene rings is 1.